The van der Waals surface area contributed by atoms with Crippen molar-refractivity contribution in [3.8, 4) is 11.8 Å². The van der Waals surface area contributed by atoms with Gasteiger partial charge in [0.1, 0.15) is 11.9 Å². The minimum absolute atomic E-state index is 0.0172. The van der Waals surface area contributed by atoms with Gasteiger partial charge in [-0.25, -0.2) is 9.59 Å². The highest BCUT2D eigenvalue weighted by Gasteiger charge is 2.31. The van der Waals surface area contributed by atoms with Crippen molar-refractivity contribution in [2.45, 2.75) is 58.2 Å². The standard InChI is InChI=1S/C26H31N3O5/c1-4-18-13-20(24(25(30)31)28-21-8-6-19(16-27)7-9-21)15-23(14-18)34-22-10-11-29(17(3)12-22)26(32)33-5-2/h6-9,13-15,17,22,24,28H,4-5,10-12H2,1-3H3,(H,30,31). The Balaban J connectivity index is 1.77. The number of rotatable bonds is 8. The molecule has 3 rings (SSSR count). The number of amides is 1. The molecule has 3 unspecified atom stereocenters. The van der Waals surface area contributed by atoms with E-state index in [1.54, 1.807) is 42.2 Å². The monoisotopic (exact) mass is 465 g/mol. The number of nitrogens with one attached hydrogen (secondary N) is 1. The molecule has 34 heavy (non-hydrogen) atoms. The molecular weight excluding hydrogens is 434 g/mol. The summed E-state index contributed by atoms with van der Waals surface area (Å²) in [5.41, 5.74) is 2.67. The molecule has 8 nitrogen and oxygen atoms in total. The number of nitrogens with zero attached hydrogens (tertiary/aromatic N) is 2. The van der Waals surface area contributed by atoms with Gasteiger partial charge in [-0.15, -0.1) is 0 Å². The summed E-state index contributed by atoms with van der Waals surface area (Å²) in [5.74, 6) is -0.399. The molecular formula is C26H31N3O5. The van der Waals surface area contributed by atoms with E-state index < -0.39 is 12.0 Å². The fourth-order valence-corrected chi connectivity index (χ4v) is 4.13. The fourth-order valence-electron chi connectivity index (χ4n) is 4.13. The predicted molar refractivity (Wildman–Crippen MR) is 128 cm³/mol. The molecule has 0 radical (unpaired) electrons. The van der Waals surface area contributed by atoms with Crippen LogP contribution in [-0.2, 0) is 16.0 Å². The average Bonchev–Trinajstić information content (AvgIpc) is 2.82. The molecule has 0 aromatic heterocycles. The lowest BCUT2D eigenvalue weighted by Gasteiger charge is -2.36. The highest BCUT2D eigenvalue weighted by Crippen LogP contribution is 2.29. The van der Waals surface area contributed by atoms with Crippen LogP contribution in [0.5, 0.6) is 5.75 Å². The number of carbonyl (C=O) groups excluding carboxylic acids is 1. The minimum atomic E-state index is -1.01. The highest BCUT2D eigenvalue weighted by molar-refractivity contribution is 5.79. The van der Waals surface area contributed by atoms with Crippen LogP contribution in [0.25, 0.3) is 0 Å². The Hall–Kier alpha value is -3.73. The van der Waals surface area contributed by atoms with Crippen molar-refractivity contribution in [1.82, 2.24) is 4.90 Å². The zero-order chi connectivity index (χ0) is 24.7. The second-order valence-electron chi connectivity index (χ2n) is 8.37. The smallest absolute Gasteiger partial charge is 0.409 e. The summed E-state index contributed by atoms with van der Waals surface area (Å²) >= 11 is 0. The first-order valence-electron chi connectivity index (χ1n) is 11.6. The number of carbonyl (C=O) groups is 2. The third kappa shape index (κ3) is 6.19. The molecule has 2 aromatic carbocycles. The number of aryl methyl sites for hydroxylation is 1. The van der Waals surface area contributed by atoms with Gasteiger partial charge in [0.15, 0.2) is 6.04 Å². The Morgan fingerprint density at radius 2 is 1.97 bits per heavy atom. The molecule has 1 amide bonds. The van der Waals surface area contributed by atoms with Crippen molar-refractivity contribution in [2.75, 3.05) is 18.5 Å². The maximum atomic E-state index is 12.1. The number of benzene rings is 2. The van der Waals surface area contributed by atoms with Gasteiger partial charge in [0.05, 0.1) is 18.2 Å². The van der Waals surface area contributed by atoms with Gasteiger partial charge >= 0.3 is 12.1 Å². The first kappa shape index (κ1) is 24.9. The molecule has 0 aliphatic carbocycles. The van der Waals surface area contributed by atoms with Crippen molar-refractivity contribution >= 4 is 17.7 Å². The molecule has 1 aliphatic heterocycles. The molecule has 8 heteroatoms. The Labute approximate surface area is 200 Å². The van der Waals surface area contributed by atoms with Gasteiger partial charge in [-0.05, 0) is 67.8 Å². The van der Waals surface area contributed by atoms with E-state index in [2.05, 4.69) is 11.4 Å². The number of carboxylic acid groups (broad SMARTS) is 1. The Morgan fingerprint density at radius 3 is 2.56 bits per heavy atom. The number of anilines is 1. The molecule has 0 spiro atoms. The SMILES string of the molecule is CCOC(=O)N1CCC(Oc2cc(CC)cc(C(Nc3ccc(C#N)cc3)C(=O)O)c2)CC1C. The number of hydrogen-bond donors (Lipinski definition) is 2. The van der Waals surface area contributed by atoms with E-state index in [0.29, 0.717) is 48.6 Å². The number of likely N-dealkylation sites (tertiary alicyclic amines) is 1. The number of ether oxygens (including phenoxy) is 2. The predicted octanol–water partition coefficient (Wildman–Crippen LogP) is 4.75. The fraction of sp³-hybridized carbons (Fsp3) is 0.423. The zero-order valence-corrected chi connectivity index (χ0v) is 19.8. The van der Waals surface area contributed by atoms with E-state index in [-0.39, 0.29) is 18.2 Å². The summed E-state index contributed by atoms with van der Waals surface area (Å²) in [4.78, 5) is 26.0. The van der Waals surface area contributed by atoms with E-state index in [0.717, 1.165) is 12.0 Å². The molecule has 3 atom stereocenters. The average molecular weight is 466 g/mol. The van der Waals surface area contributed by atoms with Crippen LogP contribution in [-0.4, -0.2) is 47.4 Å². The molecule has 1 heterocycles. The van der Waals surface area contributed by atoms with Gasteiger partial charge in [-0.2, -0.15) is 5.26 Å². The van der Waals surface area contributed by atoms with Crippen LogP contribution in [0.4, 0.5) is 10.5 Å². The Kier molecular flexibility index (Phi) is 8.36. The Bertz CT molecular complexity index is 1050. The van der Waals surface area contributed by atoms with Crippen LogP contribution in [0.15, 0.2) is 42.5 Å². The van der Waals surface area contributed by atoms with Crippen LogP contribution in [0.1, 0.15) is 56.3 Å². The van der Waals surface area contributed by atoms with Crippen molar-refractivity contribution < 1.29 is 24.2 Å². The summed E-state index contributed by atoms with van der Waals surface area (Å²) in [6.45, 7) is 6.66. The lowest BCUT2D eigenvalue weighted by molar-refractivity contribution is -0.138. The van der Waals surface area contributed by atoms with Crippen LogP contribution in [0, 0.1) is 11.3 Å². The topological polar surface area (TPSA) is 112 Å². The van der Waals surface area contributed by atoms with Crippen molar-refractivity contribution in [1.29, 1.82) is 5.26 Å². The van der Waals surface area contributed by atoms with Gasteiger partial charge < -0.3 is 24.8 Å². The summed E-state index contributed by atoms with van der Waals surface area (Å²) in [6, 6.07) is 13.3. The summed E-state index contributed by atoms with van der Waals surface area (Å²) < 4.78 is 11.4. The number of carboxylic acids is 1. The van der Waals surface area contributed by atoms with E-state index in [4.69, 9.17) is 14.7 Å². The molecule has 0 bridgehead atoms. The Morgan fingerprint density at radius 1 is 1.24 bits per heavy atom. The summed E-state index contributed by atoms with van der Waals surface area (Å²) in [5, 5.41) is 21.9. The van der Waals surface area contributed by atoms with E-state index in [1.807, 2.05) is 26.0 Å². The molecule has 180 valence electrons. The van der Waals surface area contributed by atoms with Gasteiger partial charge in [0, 0.05) is 31.1 Å². The lowest BCUT2D eigenvalue weighted by Crippen LogP contribution is -2.47. The van der Waals surface area contributed by atoms with E-state index in [9.17, 15) is 14.7 Å². The normalized spacial score (nSPS) is 18.5. The largest absolute Gasteiger partial charge is 0.490 e. The molecule has 0 saturated carbocycles. The zero-order valence-electron chi connectivity index (χ0n) is 19.8. The van der Waals surface area contributed by atoms with Crippen LogP contribution < -0.4 is 10.1 Å². The van der Waals surface area contributed by atoms with Crippen LogP contribution in [0.2, 0.25) is 0 Å². The summed E-state index contributed by atoms with van der Waals surface area (Å²) in [7, 11) is 0. The quantitative estimate of drug-likeness (QED) is 0.579. The molecule has 2 aromatic rings. The second-order valence-corrected chi connectivity index (χ2v) is 8.37. The second kappa shape index (κ2) is 11.4. The van der Waals surface area contributed by atoms with Crippen LogP contribution in [0.3, 0.4) is 0 Å². The number of aliphatic carboxylic acids is 1. The summed E-state index contributed by atoms with van der Waals surface area (Å²) in [6.07, 6.45) is 1.67. The minimum Gasteiger partial charge on any atom is -0.490 e. The number of nitriles is 1. The lowest BCUT2D eigenvalue weighted by atomic mass is 9.99. The van der Waals surface area contributed by atoms with Gasteiger partial charge in [0.25, 0.3) is 0 Å². The van der Waals surface area contributed by atoms with Gasteiger partial charge in [0.2, 0.25) is 0 Å². The van der Waals surface area contributed by atoms with Crippen LogP contribution >= 0.6 is 0 Å². The molecule has 1 fully saturated rings. The van der Waals surface area contributed by atoms with Crippen molar-refractivity contribution in [3.63, 3.8) is 0 Å². The highest BCUT2D eigenvalue weighted by atomic mass is 16.6. The number of hydrogen-bond acceptors (Lipinski definition) is 6. The third-order valence-electron chi connectivity index (χ3n) is 5.94. The van der Waals surface area contributed by atoms with Gasteiger partial charge in [-0.3, -0.25) is 0 Å². The molecule has 2 N–H and O–H groups in total. The number of piperidine rings is 1. The van der Waals surface area contributed by atoms with E-state index in [1.165, 1.54) is 0 Å². The first-order valence-corrected chi connectivity index (χ1v) is 11.6. The van der Waals surface area contributed by atoms with Crippen molar-refractivity contribution in [2.24, 2.45) is 0 Å². The molecule has 1 aliphatic rings. The maximum Gasteiger partial charge on any atom is 0.409 e. The van der Waals surface area contributed by atoms with Gasteiger partial charge in [-0.1, -0.05) is 13.0 Å². The third-order valence-corrected chi connectivity index (χ3v) is 5.94. The van der Waals surface area contributed by atoms with Crippen molar-refractivity contribution in [3.05, 3.63) is 59.2 Å². The van der Waals surface area contributed by atoms with E-state index >= 15 is 0 Å². The first-order chi connectivity index (χ1) is 16.3. The molecule has 1 saturated heterocycles. The maximum absolute atomic E-state index is 12.1.